The first-order valence-electron chi connectivity index (χ1n) is 8.51. The Labute approximate surface area is 157 Å². The van der Waals surface area contributed by atoms with E-state index in [1.165, 1.54) is 11.8 Å². The van der Waals surface area contributed by atoms with Crippen molar-refractivity contribution in [1.82, 2.24) is 20.1 Å². The predicted octanol–water partition coefficient (Wildman–Crippen LogP) is 1.67. The van der Waals surface area contributed by atoms with Gasteiger partial charge >= 0.3 is 0 Å². The van der Waals surface area contributed by atoms with Crippen LogP contribution in [0.25, 0.3) is 11.4 Å². The largest absolute Gasteiger partial charge is 0.352 e. The molecule has 2 heterocycles. The third-order valence-electron chi connectivity index (χ3n) is 4.35. The molecule has 1 N–H and O–H groups in total. The molecule has 0 bridgehead atoms. The highest BCUT2D eigenvalue weighted by Crippen LogP contribution is 2.26. The fraction of sp³-hybridized carbons (Fsp3) is 0.471. The number of thioether (sulfide) groups is 1. The number of carbonyl (C=O) groups excluding carboxylic acids is 1. The Bertz CT molecular complexity index is 908. The van der Waals surface area contributed by atoms with Crippen LogP contribution in [-0.4, -0.2) is 52.4 Å². The van der Waals surface area contributed by atoms with E-state index >= 15 is 0 Å². The van der Waals surface area contributed by atoms with Crippen molar-refractivity contribution < 1.29 is 13.2 Å². The number of hydrogen-bond donors (Lipinski definition) is 1. The van der Waals surface area contributed by atoms with E-state index in [4.69, 9.17) is 0 Å². The van der Waals surface area contributed by atoms with Crippen LogP contribution in [0.3, 0.4) is 0 Å². The van der Waals surface area contributed by atoms with E-state index in [2.05, 4.69) is 15.5 Å². The second-order valence-corrected chi connectivity index (χ2v) is 9.49. The van der Waals surface area contributed by atoms with Crippen LogP contribution in [0.15, 0.2) is 29.4 Å². The van der Waals surface area contributed by atoms with Crippen molar-refractivity contribution in [3.8, 4) is 11.4 Å². The Hall–Kier alpha value is -1.87. The summed E-state index contributed by atoms with van der Waals surface area (Å²) in [6, 6.07) is 7.70. The molecule has 1 aliphatic rings. The Morgan fingerprint density at radius 3 is 2.77 bits per heavy atom. The standard InChI is InChI=1S/C17H22N4O3S2/c1-3-21-16(14-7-5-4-6-12(14)2)19-20-17(21)25-10-15(22)18-13-8-9-26(23,24)11-13/h4-7,13H,3,8-11H2,1-2H3,(H,18,22)/t13-/m1/s1. The minimum Gasteiger partial charge on any atom is -0.352 e. The van der Waals surface area contributed by atoms with Crippen molar-refractivity contribution in [3.63, 3.8) is 0 Å². The van der Waals surface area contributed by atoms with Crippen molar-refractivity contribution in [2.75, 3.05) is 17.3 Å². The van der Waals surface area contributed by atoms with E-state index in [1.807, 2.05) is 42.7 Å². The summed E-state index contributed by atoms with van der Waals surface area (Å²) < 4.78 is 24.9. The van der Waals surface area contributed by atoms with Gasteiger partial charge in [-0.25, -0.2) is 8.42 Å². The summed E-state index contributed by atoms with van der Waals surface area (Å²) in [6.07, 6.45) is 0.487. The van der Waals surface area contributed by atoms with Gasteiger partial charge in [-0.15, -0.1) is 10.2 Å². The Morgan fingerprint density at radius 2 is 2.12 bits per heavy atom. The lowest BCUT2D eigenvalue weighted by Crippen LogP contribution is -2.36. The van der Waals surface area contributed by atoms with Gasteiger partial charge in [-0.1, -0.05) is 36.0 Å². The molecule has 1 aromatic carbocycles. The van der Waals surface area contributed by atoms with E-state index in [0.29, 0.717) is 18.1 Å². The first-order chi connectivity index (χ1) is 12.4. The summed E-state index contributed by atoms with van der Waals surface area (Å²) >= 11 is 1.31. The SMILES string of the molecule is CCn1c(SCC(=O)N[C@@H]2CCS(=O)(=O)C2)nnc1-c1ccccc1C. The van der Waals surface area contributed by atoms with Crippen LogP contribution < -0.4 is 5.32 Å². The highest BCUT2D eigenvalue weighted by Gasteiger charge is 2.29. The third kappa shape index (κ3) is 4.27. The highest BCUT2D eigenvalue weighted by atomic mass is 32.2. The van der Waals surface area contributed by atoms with E-state index in [-0.39, 0.29) is 29.2 Å². The van der Waals surface area contributed by atoms with Crippen LogP contribution in [0.1, 0.15) is 18.9 Å². The van der Waals surface area contributed by atoms with Crippen LogP contribution in [0.5, 0.6) is 0 Å². The molecular weight excluding hydrogens is 372 g/mol. The summed E-state index contributed by atoms with van der Waals surface area (Å²) in [5.41, 5.74) is 2.14. The maximum atomic E-state index is 12.1. The average Bonchev–Trinajstić information content (AvgIpc) is 3.15. The van der Waals surface area contributed by atoms with Crippen molar-refractivity contribution in [1.29, 1.82) is 0 Å². The summed E-state index contributed by atoms with van der Waals surface area (Å²) in [5, 5.41) is 12.0. The number of aryl methyl sites for hydroxylation is 1. The fourth-order valence-electron chi connectivity index (χ4n) is 3.01. The topological polar surface area (TPSA) is 94.0 Å². The lowest BCUT2D eigenvalue weighted by molar-refractivity contribution is -0.119. The second-order valence-electron chi connectivity index (χ2n) is 6.32. The monoisotopic (exact) mass is 394 g/mol. The Kier molecular flexibility index (Phi) is 5.67. The first kappa shape index (κ1) is 18.9. The van der Waals surface area contributed by atoms with Crippen molar-refractivity contribution in [3.05, 3.63) is 29.8 Å². The lowest BCUT2D eigenvalue weighted by atomic mass is 10.1. The number of amides is 1. The van der Waals surface area contributed by atoms with Crippen LogP contribution in [-0.2, 0) is 21.2 Å². The minimum absolute atomic E-state index is 0.0337. The number of rotatable bonds is 6. The molecule has 26 heavy (non-hydrogen) atoms. The molecule has 1 fully saturated rings. The van der Waals surface area contributed by atoms with Crippen molar-refractivity contribution in [2.24, 2.45) is 0 Å². The maximum absolute atomic E-state index is 12.1. The van der Waals surface area contributed by atoms with E-state index in [1.54, 1.807) is 0 Å². The molecule has 1 amide bonds. The van der Waals surface area contributed by atoms with Crippen LogP contribution in [0, 0.1) is 6.92 Å². The van der Waals surface area contributed by atoms with E-state index in [0.717, 1.165) is 17.0 Å². The zero-order valence-corrected chi connectivity index (χ0v) is 16.4. The molecule has 3 rings (SSSR count). The van der Waals surface area contributed by atoms with Gasteiger partial charge in [0.2, 0.25) is 5.91 Å². The predicted molar refractivity (Wildman–Crippen MR) is 102 cm³/mol. The lowest BCUT2D eigenvalue weighted by Gasteiger charge is -2.11. The molecular formula is C17H22N4O3S2. The van der Waals surface area contributed by atoms with Gasteiger partial charge in [0.05, 0.1) is 17.3 Å². The van der Waals surface area contributed by atoms with Gasteiger partial charge in [-0.2, -0.15) is 0 Å². The summed E-state index contributed by atoms with van der Waals surface area (Å²) in [4.78, 5) is 12.1. The summed E-state index contributed by atoms with van der Waals surface area (Å²) in [5.74, 6) is 0.972. The van der Waals surface area contributed by atoms with E-state index < -0.39 is 9.84 Å². The molecule has 2 aromatic rings. The summed E-state index contributed by atoms with van der Waals surface area (Å²) in [7, 11) is -3.00. The fourth-order valence-corrected chi connectivity index (χ4v) is 5.50. The van der Waals surface area contributed by atoms with Gasteiger partial charge < -0.3 is 9.88 Å². The zero-order chi connectivity index (χ0) is 18.7. The maximum Gasteiger partial charge on any atom is 0.230 e. The average molecular weight is 395 g/mol. The van der Waals surface area contributed by atoms with Gasteiger partial charge in [0.15, 0.2) is 20.8 Å². The number of nitrogens with one attached hydrogen (secondary N) is 1. The molecule has 1 aromatic heterocycles. The molecule has 7 nitrogen and oxygen atoms in total. The van der Waals surface area contributed by atoms with Gasteiger partial charge in [0.25, 0.3) is 0 Å². The van der Waals surface area contributed by atoms with Crippen LogP contribution in [0.4, 0.5) is 0 Å². The van der Waals surface area contributed by atoms with Gasteiger partial charge in [-0.05, 0) is 25.8 Å². The van der Waals surface area contributed by atoms with Crippen LogP contribution in [0.2, 0.25) is 0 Å². The van der Waals surface area contributed by atoms with Gasteiger partial charge in [0, 0.05) is 18.2 Å². The van der Waals surface area contributed by atoms with E-state index in [9.17, 15) is 13.2 Å². The van der Waals surface area contributed by atoms with Crippen molar-refractivity contribution in [2.45, 2.75) is 38.0 Å². The molecule has 0 spiro atoms. The second kappa shape index (κ2) is 7.79. The molecule has 0 saturated carbocycles. The molecule has 0 unspecified atom stereocenters. The van der Waals surface area contributed by atoms with Gasteiger partial charge in [0.1, 0.15) is 0 Å². The molecule has 0 radical (unpaired) electrons. The Balaban J connectivity index is 1.65. The molecule has 9 heteroatoms. The normalized spacial score (nSPS) is 18.8. The number of hydrogen-bond acceptors (Lipinski definition) is 6. The summed E-state index contributed by atoms with van der Waals surface area (Å²) in [6.45, 7) is 4.74. The highest BCUT2D eigenvalue weighted by molar-refractivity contribution is 7.99. The first-order valence-corrected chi connectivity index (χ1v) is 11.3. The number of carbonyl (C=O) groups is 1. The molecule has 1 aliphatic heterocycles. The van der Waals surface area contributed by atoms with Gasteiger partial charge in [-0.3, -0.25) is 4.79 Å². The molecule has 1 saturated heterocycles. The number of benzene rings is 1. The number of sulfone groups is 1. The smallest absolute Gasteiger partial charge is 0.230 e. The third-order valence-corrected chi connectivity index (χ3v) is 7.08. The van der Waals surface area contributed by atoms with Crippen molar-refractivity contribution >= 4 is 27.5 Å². The molecule has 140 valence electrons. The molecule has 1 atom stereocenters. The zero-order valence-electron chi connectivity index (χ0n) is 14.8. The quantitative estimate of drug-likeness (QED) is 0.749. The number of nitrogens with zero attached hydrogens (tertiary/aromatic N) is 3. The molecule has 0 aliphatic carbocycles. The van der Waals surface area contributed by atoms with Crippen LogP contribution >= 0.6 is 11.8 Å². The Morgan fingerprint density at radius 1 is 1.35 bits per heavy atom. The minimum atomic E-state index is -3.00. The number of aromatic nitrogens is 3.